The van der Waals surface area contributed by atoms with Crippen LogP contribution in [0.1, 0.15) is 11.1 Å². The Bertz CT molecular complexity index is 730. The normalized spacial score (nSPS) is 11.3. The fourth-order valence-corrected chi connectivity index (χ4v) is 2.98. The molecular formula is C14H15ClN2O2S. The molecule has 0 atom stereocenters. The zero-order valence-corrected chi connectivity index (χ0v) is 12.5. The first-order valence-electron chi connectivity index (χ1n) is 5.98. The van der Waals surface area contributed by atoms with Crippen molar-refractivity contribution >= 4 is 27.3 Å². The van der Waals surface area contributed by atoms with Gasteiger partial charge in [0.25, 0.3) is 0 Å². The van der Waals surface area contributed by atoms with E-state index in [1.54, 1.807) is 19.1 Å². The maximum atomic E-state index is 11.5. The summed E-state index contributed by atoms with van der Waals surface area (Å²) in [7, 11) is -3.71. The van der Waals surface area contributed by atoms with Crippen LogP contribution in [0.3, 0.4) is 0 Å². The third-order valence-electron chi connectivity index (χ3n) is 2.96. The third kappa shape index (κ3) is 3.50. The van der Waals surface area contributed by atoms with Crippen LogP contribution in [0.4, 0.5) is 5.69 Å². The van der Waals surface area contributed by atoms with Crippen LogP contribution in [0, 0.1) is 6.92 Å². The smallest absolute Gasteiger partial charge is 0.238 e. The topological polar surface area (TPSA) is 72.2 Å². The van der Waals surface area contributed by atoms with Gasteiger partial charge in [0.1, 0.15) is 0 Å². The summed E-state index contributed by atoms with van der Waals surface area (Å²) in [4.78, 5) is 0.133. The van der Waals surface area contributed by atoms with Gasteiger partial charge in [-0.15, -0.1) is 0 Å². The zero-order valence-electron chi connectivity index (χ0n) is 10.9. The summed E-state index contributed by atoms with van der Waals surface area (Å²) in [5.41, 5.74) is 2.35. The average molecular weight is 311 g/mol. The SMILES string of the molecule is Cc1c(NCc2cccc(Cl)c2)cccc1S(N)(=O)=O. The van der Waals surface area contributed by atoms with Gasteiger partial charge in [-0.1, -0.05) is 29.8 Å². The zero-order chi connectivity index (χ0) is 14.8. The lowest BCUT2D eigenvalue weighted by atomic mass is 10.2. The Balaban J connectivity index is 2.23. The van der Waals surface area contributed by atoms with Gasteiger partial charge in [-0.25, -0.2) is 13.6 Å². The van der Waals surface area contributed by atoms with E-state index in [1.807, 2.05) is 24.3 Å². The number of anilines is 1. The summed E-state index contributed by atoms with van der Waals surface area (Å²) in [6.45, 7) is 2.27. The van der Waals surface area contributed by atoms with Crippen molar-refractivity contribution in [2.45, 2.75) is 18.4 Å². The highest BCUT2D eigenvalue weighted by Gasteiger charge is 2.13. The summed E-state index contributed by atoms with van der Waals surface area (Å²) >= 11 is 5.92. The van der Waals surface area contributed by atoms with Gasteiger partial charge < -0.3 is 5.32 Å². The van der Waals surface area contributed by atoms with Crippen molar-refractivity contribution in [3.63, 3.8) is 0 Å². The molecule has 0 amide bonds. The molecule has 2 rings (SSSR count). The number of hydrogen-bond acceptors (Lipinski definition) is 3. The molecule has 0 heterocycles. The van der Waals surface area contributed by atoms with E-state index in [0.717, 1.165) is 11.3 Å². The molecule has 0 radical (unpaired) electrons. The number of rotatable bonds is 4. The van der Waals surface area contributed by atoms with Crippen LogP contribution < -0.4 is 10.5 Å². The second kappa shape index (κ2) is 5.83. The molecular weight excluding hydrogens is 296 g/mol. The first-order valence-corrected chi connectivity index (χ1v) is 7.91. The van der Waals surface area contributed by atoms with Crippen molar-refractivity contribution in [1.82, 2.24) is 0 Å². The van der Waals surface area contributed by atoms with Crippen LogP contribution in [-0.4, -0.2) is 8.42 Å². The van der Waals surface area contributed by atoms with Crippen LogP contribution in [0.15, 0.2) is 47.4 Å². The van der Waals surface area contributed by atoms with Crippen molar-refractivity contribution in [2.24, 2.45) is 5.14 Å². The predicted octanol–water partition coefficient (Wildman–Crippen LogP) is 2.91. The van der Waals surface area contributed by atoms with Crippen LogP contribution in [0.5, 0.6) is 0 Å². The van der Waals surface area contributed by atoms with E-state index in [0.29, 0.717) is 17.1 Å². The van der Waals surface area contributed by atoms with Gasteiger partial charge in [-0.2, -0.15) is 0 Å². The van der Waals surface area contributed by atoms with Crippen LogP contribution in [-0.2, 0) is 16.6 Å². The van der Waals surface area contributed by atoms with E-state index in [2.05, 4.69) is 5.32 Å². The molecule has 4 nitrogen and oxygen atoms in total. The molecule has 0 aromatic heterocycles. The number of primary sulfonamides is 1. The summed E-state index contributed by atoms with van der Waals surface area (Å²) in [5.74, 6) is 0. The quantitative estimate of drug-likeness (QED) is 0.912. The average Bonchev–Trinajstić information content (AvgIpc) is 2.36. The fourth-order valence-electron chi connectivity index (χ4n) is 1.96. The van der Waals surface area contributed by atoms with E-state index in [1.165, 1.54) is 6.07 Å². The molecule has 0 saturated carbocycles. The maximum absolute atomic E-state index is 11.5. The second-order valence-corrected chi connectivity index (χ2v) is 6.42. The highest BCUT2D eigenvalue weighted by atomic mass is 35.5. The molecule has 0 fully saturated rings. The first-order chi connectivity index (χ1) is 9.38. The monoisotopic (exact) mass is 310 g/mol. The Kier molecular flexibility index (Phi) is 4.32. The number of nitrogens with two attached hydrogens (primary N) is 1. The van der Waals surface area contributed by atoms with Gasteiger partial charge in [0.2, 0.25) is 10.0 Å². The molecule has 0 aliphatic carbocycles. The Hall–Kier alpha value is -1.56. The summed E-state index contributed by atoms with van der Waals surface area (Å²) < 4.78 is 22.9. The lowest BCUT2D eigenvalue weighted by molar-refractivity contribution is 0.597. The molecule has 2 aromatic rings. The molecule has 20 heavy (non-hydrogen) atoms. The molecule has 6 heteroatoms. The Morgan fingerprint density at radius 1 is 1.20 bits per heavy atom. The van der Waals surface area contributed by atoms with E-state index >= 15 is 0 Å². The van der Waals surface area contributed by atoms with Gasteiger partial charge in [-0.3, -0.25) is 0 Å². The lowest BCUT2D eigenvalue weighted by Gasteiger charge is -2.12. The second-order valence-electron chi connectivity index (χ2n) is 4.46. The van der Waals surface area contributed by atoms with E-state index in [-0.39, 0.29) is 4.90 Å². The van der Waals surface area contributed by atoms with Crippen molar-refractivity contribution < 1.29 is 8.42 Å². The maximum Gasteiger partial charge on any atom is 0.238 e. The molecule has 0 spiro atoms. The van der Waals surface area contributed by atoms with Crippen LogP contribution in [0.25, 0.3) is 0 Å². The van der Waals surface area contributed by atoms with Crippen molar-refractivity contribution in [2.75, 3.05) is 5.32 Å². The van der Waals surface area contributed by atoms with Crippen molar-refractivity contribution in [1.29, 1.82) is 0 Å². The largest absolute Gasteiger partial charge is 0.381 e. The number of benzene rings is 2. The van der Waals surface area contributed by atoms with Gasteiger partial charge in [-0.05, 0) is 42.3 Å². The minimum atomic E-state index is -3.71. The minimum absolute atomic E-state index is 0.133. The Morgan fingerprint density at radius 2 is 1.90 bits per heavy atom. The summed E-state index contributed by atoms with van der Waals surface area (Å²) in [6, 6.07) is 12.4. The fraction of sp³-hybridized carbons (Fsp3) is 0.143. The van der Waals surface area contributed by atoms with Gasteiger partial charge in [0.05, 0.1) is 4.90 Å². The molecule has 106 valence electrons. The van der Waals surface area contributed by atoms with E-state index in [9.17, 15) is 8.42 Å². The summed E-state index contributed by atoms with van der Waals surface area (Å²) in [6.07, 6.45) is 0. The Morgan fingerprint density at radius 3 is 2.55 bits per heavy atom. The third-order valence-corrected chi connectivity index (χ3v) is 4.25. The van der Waals surface area contributed by atoms with E-state index in [4.69, 9.17) is 16.7 Å². The number of hydrogen-bond donors (Lipinski definition) is 2. The predicted molar refractivity (Wildman–Crippen MR) is 81.3 cm³/mol. The Labute approximate surface area is 123 Å². The molecule has 0 bridgehead atoms. The van der Waals surface area contributed by atoms with Gasteiger partial charge in [0.15, 0.2) is 0 Å². The van der Waals surface area contributed by atoms with Crippen LogP contribution >= 0.6 is 11.6 Å². The standard InChI is InChI=1S/C14H15ClN2O2S/c1-10-13(6-3-7-14(10)20(16,18)19)17-9-11-4-2-5-12(15)8-11/h2-8,17H,9H2,1H3,(H2,16,18,19). The molecule has 0 aliphatic heterocycles. The number of nitrogens with one attached hydrogen (secondary N) is 1. The first kappa shape index (κ1) is 14.8. The van der Waals surface area contributed by atoms with Gasteiger partial charge in [0, 0.05) is 17.3 Å². The molecule has 2 aromatic carbocycles. The minimum Gasteiger partial charge on any atom is -0.381 e. The highest BCUT2D eigenvalue weighted by Crippen LogP contribution is 2.22. The molecule has 0 unspecified atom stereocenters. The van der Waals surface area contributed by atoms with E-state index < -0.39 is 10.0 Å². The van der Waals surface area contributed by atoms with Crippen molar-refractivity contribution in [3.05, 3.63) is 58.6 Å². The molecule has 0 aliphatic rings. The highest BCUT2D eigenvalue weighted by molar-refractivity contribution is 7.89. The van der Waals surface area contributed by atoms with Gasteiger partial charge >= 0.3 is 0 Å². The van der Waals surface area contributed by atoms with Crippen molar-refractivity contribution in [3.8, 4) is 0 Å². The molecule has 0 saturated heterocycles. The molecule has 3 N–H and O–H groups in total. The number of sulfonamides is 1. The summed E-state index contributed by atoms with van der Waals surface area (Å²) in [5, 5.41) is 9.04. The van der Waals surface area contributed by atoms with Crippen LogP contribution in [0.2, 0.25) is 5.02 Å². The number of halogens is 1. The lowest BCUT2D eigenvalue weighted by Crippen LogP contribution is -2.14.